The smallest absolute Gasteiger partial charge is 0.226 e. The number of aromatic nitrogens is 1. The third kappa shape index (κ3) is 3.41. The lowest BCUT2D eigenvalue weighted by Gasteiger charge is -2.25. The zero-order chi connectivity index (χ0) is 16.4. The lowest BCUT2D eigenvalue weighted by molar-refractivity contribution is -0.129. The Balaban J connectivity index is 1.62. The summed E-state index contributed by atoms with van der Waals surface area (Å²) in [6.45, 7) is 1.68. The molecule has 2 aromatic rings. The van der Waals surface area contributed by atoms with Gasteiger partial charge in [-0.2, -0.15) is 0 Å². The molecule has 2 heterocycles. The van der Waals surface area contributed by atoms with Gasteiger partial charge in [-0.1, -0.05) is 18.2 Å². The molecule has 0 unspecified atom stereocenters. The van der Waals surface area contributed by atoms with Gasteiger partial charge in [-0.3, -0.25) is 9.69 Å². The molecule has 5 heteroatoms. The van der Waals surface area contributed by atoms with Gasteiger partial charge in [-0.25, -0.2) is 0 Å². The van der Waals surface area contributed by atoms with Crippen molar-refractivity contribution in [2.24, 2.45) is 0 Å². The number of carbonyl (C=O) groups excluding carboxylic acids is 1. The van der Waals surface area contributed by atoms with Crippen LogP contribution < -0.4 is 0 Å². The third-order valence-electron chi connectivity index (χ3n) is 4.91. The number of hydrogen-bond acceptors (Lipinski definition) is 3. The molecule has 0 radical (unpaired) electrons. The lowest BCUT2D eigenvalue weighted by Crippen LogP contribution is -2.40. The molecule has 1 amide bonds. The first-order valence-corrected chi connectivity index (χ1v) is 8.10. The molecule has 0 spiro atoms. The average Bonchev–Trinajstić information content (AvgIpc) is 3.11. The van der Waals surface area contributed by atoms with Crippen molar-refractivity contribution in [1.82, 2.24) is 14.8 Å². The Morgan fingerprint density at radius 2 is 2.22 bits per heavy atom. The van der Waals surface area contributed by atoms with Crippen LogP contribution in [0.25, 0.3) is 10.9 Å². The zero-order valence-electron chi connectivity index (χ0n) is 14.1. The molecule has 1 aliphatic rings. The van der Waals surface area contributed by atoms with Gasteiger partial charge in [0.25, 0.3) is 0 Å². The number of rotatable bonds is 5. The molecule has 124 valence electrons. The second kappa shape index (κ2) is 6.72. The number of fused-ring (bicyclic) bond motifs is 1. The van der Waals surface area contributed by atoms with Crippen LogP contribution in [-0.2, 0) is 16.0 Å². The van der Waals surface area contributed by atoms with Crippen LogP contribution in [0.3, 0.4) is 0 Å². The Kier molecular flexibility index (Phi) is 4.68. The summed E-state index contributed by atoms with van der Waals surface area (Å²) in [6.07, 6.45) is 3.64. The molecule has 1 aromatic heterocycles. The molecular formula is C18H25N3O2. The second-order valence-electron chi connectivity index (χ2n) is 6.50. The molecule has 1 aliphatic heterocycles. The van der Waals surface area contributed by atoms with Crippen molar-refractivity contribution in [1.29, 1.82) is 0 Å². The van der Waals surface area contributed by atoms with Gasteiger partial charge in [0.1, 0.15) is 0 Å². The predicted octanol–water partition coefficient (Wildman–Crippen LogP) is 1.89. The molecule has 0 bridgehead atoms. The molecule has 1 N–H and O–H groups in total. The minimum Gasteiger partial charge on any atom is -0.380 e. The van der Waals surface area contributed by atoms with E-state index < -0.39 is 0 Å². The normalized spacial score (nSPS) is 21.9. The minimum absolute atomic E-state index is 0.156. The first-order valence-electron chi connectivity index (χ1n) is 8.10. The van der Waals surface area contributed by atoms with Gasteiger partial charge in [0.2, 0.25) is 5.91 Å². The van der Waals surface area contributed by atoms with Crippen LogP contribution in [0.15, 0.2) is 30.5 Å². The molecule has 2 atom stereocenters. The van der Waals surface area contributed by atoms with E-state index in [9.17, 15) is 4.79 Å². The summed E-state index contributed by atoms with van der Waals surface area (Å²) in [6, 6.07) is 8.47. The van der Waals surface area contributed by atoms with Crippen molar-refractivity contribution in [2.75, 3.05) is 34.3 Å². The SMILES string of the molecule is CO[C@H]1C[C@@H](CN(C)C(=O)Cc2c[nH]c3ccccc23)N(C)C1. The summed E-state index contributed by atoms with van der Waals surface area (Å²) in [5, 5.41) is 1.13. The Bertz CT molecular complexity index is 682. The third-order valence-corrected chi connectivity index (χ3v) is 4.91. The maximum Gasteiger partial charge on any atom is 0.226 e. The molecule has 1 fully saturated rings. The van der Waals surface area contributed by atoms with Crippen LogP contribution >= 0.6 is 0 Å². The summed E-state index contributed by atoms with van der Waals surface area (Å²) in [4.78, 5) is 19.9. The average molecular weight is 315 g/mol. The van der Waals surface area contributed by atoms with E-state index in [0.717, 1.165) is 36.0 Å². The van der Waals surface area contributed by atoms with E-state index in [1.54, 1.807) is 7.11 Å². The van der Waals surface area contributed by atoms with Crippen molar-refractivity contribution < 1.29 is 9.53 Å². The Hall–Kier alpha value is -1.85. The molecule has 0 aliphatic carbocycles. The van der Waals surface area contributed by atoms with E-state index in [-0.39, 0.29) is 12.0 Å². The lowest BCUT2D eigenvalue weighted by atomic mass is 10.1. The largest absolute Gasteiger partial charge is 0.380 e. The van der Waals surface area contributed by atoms with Gasteiger partial charge in [0.05, 0.1) is 12.5 Å². The number of amides is 1. The molecular weight excluding hydrogens is 290 g/mol. The summed E-state index contributed by atoms with van der Waals surface area (Å²) in [5.74, 6) is 0.156. The highest BCUT2D eigenvalue weighted by atomic mass is 16.5. The fourth-order valence-electron chi connectivity index (χ4n) is 3.41. The number of likely N-dealkylation sites (N-methyl/N-ethyl adjacent to an activating group) is 2. The quantitative estimate of drug-likeness (QED) is 0.916. The first-order chi connectivity index (χ1) is 11.1. The first kappa shape index (κ1) is 16.0. The highest BCUT2D eigenvalue weighted by molar-refractivity contribution is 5.88. The van der Waals surface area contributed by atoms with E-state index in [2.05, 4.69) is 23.0 Å². The van der Waals surface area contributed by atoms with E-state index in [1.807, 2.05) is 36.3 Å². The number of benzene rings is 1. The number of ether oxygens (including phenoxy) is 1. The number of para-hydroxylation sites is 1. The van der Waals surface area contributed by atoms with Crippen LogP contribution in [0, 0.1) is 0 Å². The highest BCUT2D eigenvalue weighted by Gasteiger charge is 2.30. The van der Waals surface area contributed by atoms with E-state index in [0.29, 0.717) is 12.5 Å². The van der Waals surface area contributed by atoms with Gasteiger partial charge in [0.15, 0.2) is 0 Å². The fourth-order valence-corrected chi connectivity index (χ4v) is 3.41. The minimum atomic E-state index is 0.156. The van der Waals surface area contributed by atoms with Crippen LogP contribution in [-0.4, -0.2) is 67.1 Å². The van der Waals surface area contributed by atoms with E-state index in [1.165, 1.54) is 0 Å². The Morgan fingerprint density at radius 3 is 2.96 bits per heavy atom. The number of aromatic amines is 1. The van der Waals surface area contributed by atoms with Gasteiger partial charge >= 0.3 is 0 Å². The van der Waals surface area contributed by atoms with Crippen molar-refractivity contribution in [3.8, 4) is 0 Å². The zero-order valence-corrected chi connectivity index (χ0v) is 14.1. The topological polar surface area (TPSA) is 48.6 Å². The number of H-pyrrole nitrogens is 1. The van der Waals surface area contributed by atoms with Crippen LogP contribution in [0.4, 0.5) is 0 Å². The number of methoxy groups -OCH3 is 1. The number of nitrogens with zero attached hydrogens (tertiary/aromatic N) is 2. The monoisotopic (exact) mass is 315 g/mol. The summed E-state index contributed by atoms with van der Waals surface area (Å²) in [5.41, 5.74) is 2.14. The molecule has 3 rings (SSSR count). The predicted molar refractivity (Wildman–Crippen MR) is 91.5 cm³/mol. The molecule has 0 saturated carbocycles. The van der Waals surface area contributed by atoms with Crippen molar-refractivity contribution in [3.63, 3.8) is 0 Å². The van der Waals surface area contributed by atoms with Gasteiger partial charge < -0.3 is 14.6 Å². The second-order valence-corrected chi connectivity index (χ2v) is 6.50. The summed E-state index contributed by atoms with van der Waals surface area (Å²) < 4.78 is 5.44. The van der Waals surface area contributed by atoms with Crippen molar-refractivity contribution in [2.45, 2.75) is 25.0 Å². The van der Waals surface area contributed by atoms with E-state index >= 15 is 0 Å². The van der Waals surface area contributed by atoms with E-state index in [4.69, 9.17) is 4.74 Å². The highest BCUT2D eigenvalue weighted by Crippen LogP contribution is 2.21. The van der Waals surface area contributed by atoms with Crippen LogP contribution in [0.5, 0.6) is 0 Å². The molecule has 23 heavy (non-hydrogen) atoms. The number of likely N-dealkylation sites (tertiary alicyclic amines) is 1. The molecule has 1 aromatic carbocycles. The number of carbonyl (C=O) groups is 1. The molecule has 5 nitrogen and oxygen atoms in total. The Labute approximate surface area is 137 Å². The van der Waals surface area contributed by atoms with Gasteiger partial charge in [-0.15, -0.1) is 0 Å². The van der Waals surface area contributed by atoms with Crippen molar-refractivity contribution in [3.05, 3.63) is 36.0 Å². The van der Waals surface area contributed by atoms with Gasteiger partial charge in [-0.05, 0) is 25.1 Å². The fraction of sp³-hybridized carbons (Fsp3) is 0.500. The van der Waals surface area contributed by atoms with Crippen molar-refractivity contribution >= 4 is 16.8 Å². The number of nitrogens with one attached hydrogen (secondary N) is 1. The Morgan fingerprint density at radius 1 is 1.43 bits per heavy atom. The molecule has 1 saturated heterocycles. The van der Waals surface area contributed by atoms with Gasteiger partial charge in [0, 0.05) is 50.4 Å². The summed E-state index contributed by atoms with van der Waals surface area (Å²) >= 11 is 0. The van der Waals surface area contributed by atoms with Crippen LogP contribution in [0.2, 0.25) is 0 Å². The summed E-state index contributed by atoms with van der Waals surface area (Å²) in [7, 11) is 5.75. The maximum atomic E-state index is 12.6. The number of hydrogen-bond donors (Lipinski definition) is 1. The van der Waals surface area contributed by atoms with Crippen LogP contribution in [0.1, 0.15) is 12.0 Å². The standard InChI is InChI=1S/C18H25N3O2/c1-20-12-15(23-3)9-14(20)11-21(2)18(22)8-13-10-19-17-7-5-4-6-16(13)17/h4-7,10,14-15,19H,8-9,11-12H2,1-3H3/t14-,15-/m0/s1. The maximum absolute atomic E-state index is 12.6.